The Kier molecular flexibility index (Phi) is 3.14. The largest absolute Gasteiger partial charge is 0.476 e. The third-order valence-electron chi connectivity index (χ3n) is 2.90. The first kappa shape index (κ1) is 12.3. The Labute approximate surface area is 105 Å². The number of rotatable bonds is 3. The van der Waals surface area contributed by atoms with Crippen molar-refractivity contribution in [2.75, 3.05) is 0 Å². The van der Waals surface area contributed by atoms with E-state index < -0.39 is 5.97 Å². The molecule has 0 unspecified atom stereocenters. The number of hydrogen-bond acceptors (Lipinski definition) is 3. The van der Waals surface area contributed by atoms with Crippen LogP contribution in [-0.2, 0) is 0 Å². The SMILES string of the molecule is Cc1c(C(=O)O)nnn1-c1ccc(C(C)C)cc1. The Hall–Kier alpha value is -2.17. The standard InChI is InChI=1S/C13H15N3O2/c1-8(2)10-4-6-11(7-5-10)16-9(3)12(13(17)18)14-15-16/h4-8H,1-3H3,(H,17,18). The van der Waals surface area contributed by atoms with Crippen LogP contribution in [0.25, 0.3) is 5.69 Å². The van der Waals surface area contributed by atoms with Crippen LogP contribution in [0.4, 0.5) is 0 Å². The van der Waals surface area contributed by atoms with E-state index in [0.717, 1.165) is 5.69 Å². The zero-order valence-electron chi connectivity index (χ0n) is 10.6. The Bertz CT molecular complexity index is 570. The zero-order chi connectivity index (χ0) is 13.3. The maximum atomic E-state index is 10.9. The molecule has 0 aliphatic carbocycles. The van der Waals surface area contributed by atoms with Gasteiger partial charge in [-0.2, -0.15) is 0 Å². The molecule has 0 atom stereocenters. The van der Waals surface area contributed by atoms with Gasteiger partial charge in [-0.3, -0.25) is 0 Å². The van der Waals surface area contributed by atoms with E-state index in [2.05, 4.69) is 24.2 Å². The van der Waals surface area contributed by atoms with Crippen LogP contribution in [0, 0.1) is 6.92 Å². The van der Waals surface area contributed by atoms with Crippen LogP contribution in [0.1, 0.15) is 41.5 Å². The molecule has 1 N–H and O–H groups in total. The lowest BCUT2D eigenvalue weighted by atomic mass is 10.0. The van der Waals surface area contributed by atoms with Crippen LogP contribution in [0.3, 0.4) is 0 Å². The topological polar surface area (TPSA) is 68.0 Å². The van der Waals surface area contributed by atoms with Crippen LogP contribution in [0.2, 0.25) is 0 Å². The van der Waals surface area contributed by atoms with Gasteiger partial charge in [-0.05, 0) is 30.5 Å². The molecule has 1 aromatic carbocycles. The normalized spacial score (nSPS) is 10.9. The van der Waals surface area contributed by atoms with Gasteiger partial charge in [0.25, 0.3) is 0 Å². The summed E-state index contributed by atoms with van der Waals surface area (Å²) >= 11 is 0. The van der Waals surface area contributed by atoms with Crippen LogP contribution < -0.4 is 0 Å². The average Bonchev–Trinajstić information content (AvgIpc) is 2.71. The van der Waals surface area contributed by atoms with E-state index in [0.29, 0.717) is 11.6 Å². The lowest BCUT2D eigenvalue weighted by molar-refractivity contribution is 0.0689. The smallest absolute Gasteiger partial charge is 0.358 e. The minimum absolute atomic E-state index is 0.0112. The maximum absolute atomic E-state index is 10.9. The number of aromatic nitrogens is 3. The van der Waals surface area contributed by atoms with Crippen molar-refractivity contribution in [1.82, 2.24) is 15.0 Å². The van der Waals surface area contributed by atoms with E-state index in [4.69, 9.17) is 5.11 Å². The Morgan fingerprint density at radius 3 is 2.33 bits per heavy atom. The van der Waals surface area contributed by atoms with Crippen molar-refractivity contribution in [3.8, 4) is 5.69 Å². The number of aromatic carboxylic acids is 1. The number of benzene rings is 1. The zero-order valence-corrected chi connectivity index (χ0v) is 10.6. The van der Waals surface area contributed by atoms with Crippen molar-refractivity contribution < 1.29 is 9.90 Å². The molecule has 0 aliphatic heterocycles. The van der Waals surface area contributed by atoms with E-state index in [1.54, 1.807) is 6.92 Å². The van der Waals surface area contributed by atoms with Crippen molar-refractivity contribution in [2.24, 2.45) is 0 Å². The molecule has 0 amide bonds. The van der Waals surface area contributed by atoms with Crippen molar-refractivity contribution in [2.45, 2.75) is 26.7 Å². The second kappa shape index (κ2) is 4.60. The first-order valence-corrected chi connectivity index (χ1v) is 5.76. The Morgan fingerprint density at radius 1 is 1.28 bits per heavy atom. The van der Waals surface area contributed by atoms with Gasteiger partial charge >= 0.3 is 5.97 Å². The molecule has 0 fully saturated rings. The van der Waals surface area contributed by atoms with Gasteiger partial charge in [0.05, 0.1) is 11.4 Å². The summed E-state index contributed by atoms with van der Waals surface area (Å²) in [6, 6.07) is 7.87. The number of carboxylic acid groups (broad SMARTS) is 1. The fraction of sp³-hybridized carbons (Fsp3) is 0.308. The van der Waals surface area contributed by atoms with E-state index in [1.165, 1.54) is 10.2 Å². The molecule has 2 rings (SSSR count). The molecule has 94 valence electrons. The minimum atomic E-state index is -1.06. The van der Waals surface area contributed by atoms with Crippen molar-refractivity contribution in [1.29, 1.82) is 0 Å². The molecule has 1 heterocycles. The maximum Gasteiger partial charge on any atom is 0.358 e. The highest BCUT2D eigenvalue weighted by Gasteiger charge is 2.15. The molecule has 18 heavy (non-hydrogen) atoms. The molecule has 0 saturated carbocycles. The molecule has 0 saturated heterocycles. The highest BCUT2D eigenvalue weighted by atomic mass is 16.4. The summed E-state index contributed by atoms with van der Waals surface area (Å²) in [5.41, 5.74) is 2.56. The second-order valence-electron chi connectivity index (χ2n) is 4.49. The fourth-order valence-corrected chi connectivity index (χ4v) is 1.77. The summed E-state index contributed by atoms with van der Waals surface area (Å²) in [4.78, 5) is 10.9. The molecule has 1 aromatic heterocycles. The van der Waals surface area contributed by atoms with E-state index in [1.807, 2.05) is 24.3 Å². The monoisotopic (exact) mass is 245 g/mol. The summed E-state index contributed by atoms with van der Waals surface area (Å²) in [6.45, 7) is 5.94. The molecule has 0 radical (unpaired) electrons. The van der Waals surface area contributed by atoms with E-state index in [-0.39, 0.29) is 5.69 Å². The van der Waals surface area contributed by atoms with Gasteiger partial charge in [0, 0.05) is 0 Å². The summed E-state index contributed by atoms with van der Waals surface area (Å²) in [5.74, 6) is -0.594. The molecular weight excluding hydrogens is 230 g/mol. The highest BCUT2D eigenvalue weighted by molar-refractivity contribution is 5.86. The molecule has 2 aromatic rings. The quantitative estimate of drug-likeness (QED) is 0.901. The molecule has 0 bridgehead atoms. The highest BCUT2D eigenvalue weighted by Crippen LogP contribution is 2.18. The van der Waals surface area contributed by atoms with E-state index in [9.17, 15) is 4.79 Å². The Balaban J connectivity index is 2.40. The number of nitrogens with zero attached hydrogens (tertiary/aromatic N) is 3. The molecular formula is C13H15N3O2. The third kappa shape index (κ3) is 2.11. The molecule has 0 aliphatic rings. The van der Waals surface area contributed by atoms with Crippen LogP contribution in [-0.4, -0.2) is 26.1 Å². The Morgan fingerprint density at radius 2 is 1.89 bits per heavy atom. The predicted molar refractivity (Wildman–Crippen MR) is 67.1 cm³/mol. The minimum Gasteiger partial charge on any atom is -0.476 e. The van der Waals surface area contributed by atoms with Gasteiger partial charge in [-0.15, -0.1) is 5.10 Å². The van der Waals surface area contributed by atoms with Crippen LogP contribution in [0.5, 0.6) is 0 Å². The van der Waals surface area contributed by atoms with Gasteiger partial charge in [0.1, 0.15) is 0 Å². The summed E-state index contributed by atoms with van der Waals surface area (Å²) in [6.07, 6.45) is 0. The van der Waals surface area contributed by atoms with Crippen LogP contribution in [0.15, 0.2) is 24.3 Å². The first-order valence-electron chi connectivity index (χ1n) is 5.76. The third-order valence-corrected chi connectivity index (χ3v) is 2.90. The number of carboxylic acids is 1. The molecule has 0 spiro atoms. The number of hydrogen-bond donors (Lipinski definition) is 1. The van der Waals surface area contributed by atoms with Gasteiger partial charge in [-0.1, -0.05) is 31.2 Å². The second-order valence-corrected chi connectivity index (χ2v) is 4.49. The molecule has 5 nitrogen and oxygen atoms in total. The van der Waals surface area contributed by atoms with Gasteiger partial charge < -0.3 is 5.11 Å². The predicted octanol–water partition coefficient (Wildman–Crippen LogP) is 2.40. The first-order chi connectivity index (χ1) is 8.50. The van der Waals surface area contributed by atoms with Gasteiger partial charge in [-0.25, -0.2) is 9.48 Å². The summed E-state index contributed by atoms with van der Waals surface area (Å²) in [5, 5.41) is 16.5. The van der Waals surface area contributed by atoms with Gasteiger partial charge in [0.15, 0.2) is 5.69 Å². The average molecular weight is 245 g/mol. The van der Waals surface area contributed by atoms with Crippen LogP contribution >= 0.6 is 0 Å². The molecule has 5 heteroatoms. The van der Waals surface area contributed by atoms with Crippen molar-refractivity contribution >= 4 is 5.97 Å². The van der Waals surface area contributed by atoms with Crippen molar-refractivity contribution in [3.05, 3.63) is 41.2 Å². The lowest BCUT2D eigenvalue weighted by Crippen LogP contribution is -2.02. The fourth-order valence-electron chi connectivity index (χ4n) is 1.77. The van der Waals surface area contributed by atoms with Crippen molar-refractivity contribution in [3.63, 3.8) is 0 Å². The summed E-state index contributed by atoms with van der Waals surface area (Å²) in [7, 11) is 0. The van der Waals surface area contributed by atoms with E-state index >= 15 is 0 Å². The number of carbonyl (C=O) groups is 1. The lowest BCUT2D eigenvalue weighted by Gasteiger charge is -2.07. The van der Waals surface area contributed by atoms with Gasteiger partial charge in [0.2, 0.25) is 0 Å². The summed E-state index contributed by atoms with van der Waals surface area (Å²) < 4.78 is 1.54.